The molecule has 12 heteroatoms. The van der Waals surface area contributed by atoms with Gasteiger partial charge >= 0.3 is 11.9 Å². The third-order valence-electron chi connectivity index (χ3n) is 5.96. The molecule has 4 rings (SSSR count). The Hall–Kier alpha value is -4.36. The van der Waals surface area contributed by atoms with Gasteiger partial charge in [0, 0.05) is 5.56 Å². The SMILES string of the molecule is O=C(OC[C@H]1O[C@@H](Oc2ccc(O)cc2COc2cccc(C(=O)O)c2O)[C@H](O)[C@@H](O)[C@@H]1O)c1ccccc1. The molecule has 5 atom stereocenters. The smallest absolute Gasteiger partial charge is 0.339 e. The highest BCUT2D eigenvalue weighted by atomic mass is 16.7. The summed E-state index contributed by atoms with van der Waals surface area (Å²) in [5.74, 6) is -2.91. The molecule has 1 fully saturated rings. The summed E-state index contributed by atoms with van der Waals surface area (Å²) >= 11 is 0. The lowest BCUT2D eigenvalue weighted by molar-refractivity contribution is -0.277. The van der Waals surface area contributed by atoms with Gasteiger partial charge in [0.2, 0.25) is 6.29 Å². The zero-order chi connectivity index (χ0) is 28.1. The fourth-order valence-corrected chi connectivity index (χ4v) is 3.85. The quantitative estimate of drug-likeness (QED) is 0.213. The Kier molecular flexibility index (Phi) is 8.52. The van der Waals surface area contributed by atoms with Crippen LogP contribution in [0.3, 0.4) is 0 Å². The van der Waals surface area contributed by atoms with Gasteiger partial charge in [-0.1, -0.05) is 24.3 Å². The molecule has 1 aliphatic rings. The van der Waals surface area contributed by atoms with Crippen molar-refractivity contribution in [3.63, 3.8) is 0 Å². The van der Waals surface area contributed by atoms with Gasteiger partial charge in [-0.2, -0.15) is 0 Å². The van der Waals surface area contributed by atoms with Crippen LogP contribution in [0, 0.1) is 0 Å². The van der Waals surface area contributed by atoms with Crippen molar-refractivity contribution >= 4 is 11.9 Å². The number of aromatic carboxylic acids is 1. The first-order valence-electron chi connectivity index (χ1n) is 11.7. The van der Waals surface area contributed by atoms with E-state index >= 15 is 0 Å². The molecular weight excluding hydrogens is 516 g/mol. The number of aromatic hydroxyl groups is 2. The number of phenolic OH excluding ortho intramolecular Hbond substituents is 1. The number of ether oxygens (including phenoxy) is 4. The van der Waals surface area contributed by atoms with E-state index in [1.807, 2.05) is 0 Å². The standard InChI is InChI=1S/C27H26O12/c28-16-9-10-18(15(11-16)12-36-19-8-4-7-17(21(19)29)25(33)34)38-27-24(32)23(31)22(30)20(39-27)13-37-26(35)14-5-2-1-3-6-14/h1-11,20,22-24,27-32H,12-13H2,(H,33,34)/t20-,22-,23+,24-,27-/m1/s1. The van der Waals surface area contributed by atoms with Crippen LogP contribution in [0.15, 0.2) is 66.7 Å². The normalized spacial score (nSPS) is 22.6. The lowest BCUT2D eigenvalue weighted by Gasteiger charge is -2.40. The molecule has 12 nitrogen and oxygen atoms in total. The first-order chi connectivity index (χ1) is 18.7. The summed E-state index contributed by atoms with van der Waals surface area (Å²) < 4.78 is 22.1. The van der Waals surface area contributed by atoms with Gasteiger partial charge in [-0.25, -0.2) is 9.59 Å². The van der Waals surface area contributed by atoms with Gasteiger partial charge in [0.25, 0.3) is 0 Å². The largest absolute Gasteiger partial charge is 0.508 e. The fraction of sp³-hybridized carbons (Fsp3) is 0.259. The number of carboxylic acid groups (broad SMARTS) is 1. The highest BCUT2D eigenvalue weighted by molar-refractivity contribution is 5.91. The molecule has 0 unspecified atom stereocenters. The topological polar surface area (TPSA) is 192 Å². The fourth-order valence-electron chi connectivity index (χ4n) is 3.85. The van der Waals surface area contributed by atoms with Crippen molar-refractivity contribution in [2.45, 2.75) is 37.3 Å². The maximum atomic E-state index is 12.3. The molecular formula is C27H26O12. The Balaban J connectivity index is 1.47. The van der Waals surface area contributed by atoms with E-state index in [2.05, 4.69) is 0 Å². The van der Waals surface area contributed by atoms with E-state index in [4.69, 9.17) is 18.9 Å². The number of hydrogen-bond acceptors (Lipinski definition) is 11. The van der Waals surface area contributed by atoms with Gasteiger partial charge < -0.3 is 49.6 Å². The van der Waals surface area contributed by atoms with Crippen LogP contribution in [0.4, 0.5) is 0 Å². The molecule has 0 aliphatic carbocycles. The van der Waals surface area contributed by atoms with E-state index in [0.29, 0.717) is 0 Å². The van der Waals surface area contributed by atoms with E-state index in [1.165, 1.54) is 48.5 Å². The van der Waals surface area contributed by atoms with Crippen LogP contribution in [-0.4, -0.2) is 79.9 Å². The average molecular weight is 542 g/mol. The molecule has 0 aromatic heterocycles. The van der Waals surface area contributed by atoms with E-state index in [0.717, 1.165) is 0 Å². The van der Waals surface area contributed by atoms with Crippen LogP contribution < -0.4 is 9.47 Å². The lowest BCUT2D eigenvalue weighted by Crippen LogP contribution is -2.60. The molecule has 1 saturated heterocycles. The van der Waals surface area contributed by atoms with Gasteiger partial charge in [-0.05, 0) is 42.5 Å². The molecule has 0 saturated carbocycles. The number of carbonyl (C=O) groups is 2. The van der Waals surface area contributed by atoms with Crippen molar-refractivity contribution in [1.82, 2.24) is 0 Å². The summed E-state index contributed by atoms with van der Waals surface area (Å²) in [5, 5.41) is 60.5. The van der Waals surface area contributed by atoms with Crippen molar-refractivity contribution in [2.24, 2.45) is 0 Å². The molecule has 3 aromatic rings. The van der Waals surface area contributed by atoms with Crippen LogP contribution in [0.2, 0.25) is 0 Å². The minimum atomic E-state index is -1.71. The monoisotopic (exact) mass is 542 g/mol. The molecule has 1 aliphatic heterocycles. The van der Waals surface area contributed by atoms with Crippen molar-refractivity contribution in [1.29, 1.82) is 0 Å². The first kappa shape index (κ1) is 27.7. The van der Waals surface area contributed by atoms with E-state index < -0.39 is 55.0 Å². The summed E-state index contributed by atoms with van der Waals surface area (Å²) in [6, 6.07) is 15.9. The van der Waals surface area contributed by atoms with Gasteiger partial charge in [-0.15, -0.1) is 0 Å². The number of esters is 1. The summed E-state index contributed by atoms with van der Waals surface area (Å²) in [7, 11) is 0. The van der Waals surface area contributed by atoms with Gasteiger partial charge in [0.1, 0.15) is 54.7 Å². The number of aliphatic hydroxyl groups excluding tert-OH is 3. The highest BCUT2D eigenvalue weighted by Crippen LogP contribution is 2.33. The van der Waals surface area contributed by atoms with Crippen LogP contribution >= 0.6 is 0 Å². The Labute approximate surface area is 221 Å². The molecule has 0 bridgehead atoms. The van der Waals surface area contributed by atoms with Crippen molar-refractivity contribution < 1.29 is 59.2 Å². The average Bonchev–Trinajstić information content (AvgIpc) is 2.93. The molecule has 1 heterocycles. The minimum absolute atomic E-state index is 0.0364. The summed E-state index contributed by atoms with van der Waals surface area (Å²) in [6.45, 7) is -0.768. The van der Waals surface area contributed by atoms with Crippen LogP contribution in [0.1, 0.15) is 26.3 Å². The van der Waals surface area contributed by atoms with Gasteiger partial charge in [0.05, 0.1) is 5.56 Å². The van der Waals surface area contributed by atoms with Crippen molar-refractivity contribution in [2.75, 3.05) is 6.61 Å². The van der Waals surface area contributed by atoms with Crippen molar-refractivity contribution in [3.8, 4) is 23.0 Å². The number of carbonyl (C=O) groups excluding carboxylic acids is 1. The van der Waals surface area contributed by atoms with Crippen LogP contribution in [0.5, 0.6) is 23.0 Å². The van der Waals surface area contributed by atoms with E-state index in [9.17, 15) is 40.2 Å². The van der Waals surface area contributed by atoms with Crippen molar-refractivity contribution in [3.05, 3.63) is 83.4 Å². The number of hydrogen-bond donors (Lipinski definition) is 6. The number of rotatable bonds is 9. The molecule has 0 amide bonds. The predicted octanol–water partition coefficient (Wildman–Crippen LogP) is 1.42. The molecule has 39 heavy (non-hydrogen) atoms. The molecule has 6 N–H and O–H groups in total. The maximum Gasteiger partial charge on any atom is 0.339 e. The molecule has 0 spiro atoms. The maximum absolute atomic E-state index is 12.3. The third kappa shape index (κ3) is 6.38. The van der Waals surface area contributed by atoms with Crippen LogP contribution in [0.25, 0.3) is 0 Å². The highest BCUT2D eigenvalue weighted by Gasteiger charge is 2.45. The Bertz CT molecular complexity index is 1310. The Morgan fingerprint density at radius 1 is 0.846 bits per heavy atom. The third-order valence-corrected chi connectivity index (χ3v) is 5.96. The second-order valence-corrected chi connectivity index (χ2v) is 8.64. The molecule has 206 valence electrons. The van der Waals surface area contributed by atoms with E-state index in [1.54, 1.807) is 18.2 Å². The number of benzene rings is 3. The molecule has 3 aromatic carbocycles. The zero-order valence-electron chi connectivity index (χ0n) is 20.3. The number of phenols is 2. The van der Waals surface area contributed by atoms with Crippen LogP contribution in [-0.2, 0) is 16.1 Å². The lowest BCUT2D eigenvalue weighted by atomic mass is 9.99. The van der Waals surface area contributed by atoms with E-state index in [-0.39, 0.29) is 40.5 Å². The molecule has 0 radical (unpaired) electrons. The Morgan fingerprint density at radius 3 is 2.31 bits per heavy atom. The van der Waals surface area contributed by atoms with Gasteiger partial charge in [0.15, 0.2) is 11.5 Å². The van der Waals surface area contributed by atoms with Gasteiger partial charge in [-0.3, -0.25) is 0 Å². The minimum Gasteiger partial charge on any atom is -0.508 e. The Morgan fingerprint density at radius 2 is 1.59 bits per heavy atom. The summed E-state index contributed by atoms with van der Waals surface area (Å²) in [5.41, 5.74) is 0.105. The zero-order valence-corrected chi connectivity index (χ0v) is 20.3. The second kappa shape index (κ2) is 12.0. The summed E-state index contributed by atoms with van der Waals surface area (Å²) in [6.07, 6.45) is -7.81. The number of aliphatic hydroxyl groups is 3. The second-order valence-electron chi connectivity index (χ2n) is 8.64. The predicted molar refractivity (Wildman–Crippen MR) is 132 cm³/mol. The summed E-state index contributed by atoms with van der Waals surface area (Å²) in [4.78, 5) is 23.5. The number of carboxylic acids is 1. The first-order valence-corrected chi connectivity index (χ1v) is 11.7. The number of para-hydroxylation sites is 1.